The number of likely N-dealkylation sites (tertiary alicyclic amines) is 1. The predicted molar refractivity (Wildman–Crippen MR) is 101 cm³/mol. The Labute approximate surface area is 170 Å². The van der Waals surface area contributed by atoms with Crippen molar-refractivity contribution in [1.29, 1.82) is 0 Å². The van der Waals surface area contributed by atoms with E-state index >= 15 is 0 Å². The monoisotopic (exact) mass is 422 g/mol. The Morgan fingerprint density at radius 3 is 2.57 bits per heavy atom. The summed E-state index contributed by atoms with van der Waals surface area (Å²) in [5.74, 6) is -0.104. The number of hydrogen-bond acceptors (Lipinski definition) is 4. The number of benzene rings is 1. The number of hydrogen-bond donors (Lipinski definition) is 1. The highest BCUT2D eigenvalue weighted by Gasteiger charge is 2.46. The zero-order valence-electron chi connectivity index (χ0n) is 16.5. The van der Waals surface area contributed by atoms with Crippen LogP contribution >= 0.6 is 0 Å². The Kier molecular flexibility index (Phi) is 4.74. The van der Waals surface area contributed by atoms with Gasteiger partial charge < -0.3 is 19.5 Å². The highest BCUT2D eigenvalue weighted by Crippen LogP contribution is 2.34. The highest BCUT2D eigenvalue weighted by atomic mass is 19.4. The Morgan fingerprint density at radius 2 is 1.97 bits per heavy atom. The van der Waals surface area contributed by atoms with Crippen molar-refractivity contribution < 1.29 is 27.2 Å². The van der Waals surface area contributed by atoms with Crippen molar-refractivity contribution in [3.8, 4) is 11.5 Å². The van der Waals surface area contributed by atoms with Crippen LogP contribution in [-0.2, 0) is 6.18 Å². The molecule has 1 aromatic heterocycles. The average molecular weight is 422 g/mol. The fourth-order valence-electron chi connectivity index (χ4n) is 4.03. The molecule has 3 heterocycles. The van der Waals surface area contributed by atoms with Crippen LogP contribution in [0.1, 0.15) is 34.7 Å². The molecule has 2 aromatic rings. The smallest absolute Gasteiger partial charge is 0.416 e. The number of likely N-dealkylation sites (N-methyl/N-ethyl adjacent to an activating group) is 1. The van der Waals surface area contributed by atoms with Crippen molar-refractivity contribution in [2.45, 2.75) is 31.5 Å². The maximum atomic E-state index is 13.0. The van der Waals surface area contributed by atoms with Crippen molar-refractivity contribution in [2.75, 3.05) is 26.7 Å². The summed E-state index contributed by atoms with van der Waals surface area (Å²) in [6.07, 6.45) is -3.22. The van der Waals surface area contributed by atoms with Crippen molar-refractivity contribution in [3.05, 3.63) is 41.3 Å². The molecular formula is C20H21F3N4O3. The number of carbonyl (C=O) groups is 2. The molecule has 0 radical (unpaired) electrons. The van der Waals surface area contributed by atoms with E-state index in [2.05, 4.69) is 10.3 Å². The highest BCUT2D eigenvalue weighted by molar-refractivity contribution is 5.94. The van der Waals surface area contributed by atoms with Gasteiger partial charge in [-0.1, -0.05) is 6.07 Å². The number of carbonyl (C=O) groups excluding carboxylic acids is 2. The summed E-state index contributed by atoms with van der Waals surface area (Å²) in [6, 6.07) is 4.53. The lowest BCUT2D eigenvalue weighted by molar-refractivity contribution is -0.137. The van der Waals surface area contributed by atoms with Gasteiger partial charge in [-0.25, -0.2) is 9.78 Å². The van der Waals surface area contributed by atoms with Crippen LogP contribution < -0.4 is 5.32 Å². The van der Waals surface area contributed by atoms with E-state index in [0.717, 1.165) is 12.1 Å². The van der Waals surface area contributed by atoms with Gasteiger partial charge in [-0.2, -0.15) is 13.2 Å². The predicted octanol–water partition coefficient (Wildman–Crippen LogP) is 3.30. The standard InChI is InChI=1S/C20H21F3N4O3/c1-12-15(25-16(30-12)13-4-3-5-14(10-13)20(21,22)23)17(28)27-8-6-19(7-9-27)11-24-18(29)26(19)2/h3-5,10H,6-9,11H2,1-2H3,(H,24,29). The first-order chi connectivity index (χ1) is 14.1. The Bertz CT molecular complexity index is 993. The van der Waals surface area contributed by atoms with E-state index in [-0.39, 0.29) is 40.4 Å². The second-order valence-corrected chi connectivity index (χ2v) is 7.74. The third kappa shape index (κ3) is 3.40. The Morgan fingerprint density at radius 1 is 1.27 bits per heavy atom. The van der Waals surface area contributed by atoms with Crippen LogP contribution in [-0.4, -0.2) is 58.9 Å². The second-order valence-electron chi connectivity index (χ2n) is 7.74. The minimum Gasteiger partial charge on any atom is -0.441 e. The van der Waals surface area contributed by atoms with E-state index in [9.17, 15) is 22.8 Å². The third-order valence-corrected chi connectivity index (χ3v) is 6.00. The molecule has 10 heteroatoms. The maximum absolute atomic E-state index is 13.0. The van der Waals surface area contributed by atoms with E-state index in [1.165, 1.54) is 12.1 Å². The molecule has 3 amide bonds. The number of piperidine rings is 1. The molecule has 2 fully saturated rings. The molecule has 0 bridgehead atoms. The minimum atomic E-state index is -4.48. The Hall–Kier alpha value is -3.04. The van der Waals surface area contributed by atoms with E-state index < -0.39 is 11.7 Å². The third-order valence-electron chi connectivity index (χ3n) is 6.00. The summed E-state index contributed by atoms with van der Waals surface area (Å²) < 4.78 is 44.4. The first-order valence-electron chi connectivity index (χ1n) is 9.57. The molecule has 30 heavy (non-hydrogen) atoms. The molecule has 0 aliphatic carbocycles. The van der Waals surface area contributed by atoms with E-state index in [4.69, 9.17) is 4.42 Å². The zero-order chi connectivity index (χ0) is 21.7. The molecule has 1 N–H and O–H groups in total. The summed E-state index contributed by atoms with van der Waals surface area (Å²) in [4.78, 5) is 32.3. The van der Waals surface area contributed by atoms with Gasteiger partial charge in [0.05, 0.1) is 11.1 Å². The van der Waals surface area contributed by atoms with Gasteiger partial charge in [0.2, 0.25) is 5.89 Å². The summed E-state index contributed by atoms with van der Waals surface area (Å²) in [5.41, 5.74) is -0.862. The van der Waals surface area contributed by atoms with Crippen molar-refractivity contribution in [2.24, 2.45) is 0 Å². The lowest BCUT2D eigenvalue weighted by Crippen LogP contribution is -2.54. The summed E-state index contributed by atoms with van der Waals surface area (Å²) in [5, 5.41) is 2.83. The lowest BCUT2D eigenvalue weighted by atomic mass is 9.87. The number of oxazole rings is 1. The van der Waals surface area contributed by atoms with Gasteiger partial charge in [0.1, 0.15) is 5.76 Å². The summed E-state index contributed by atoms with van der Waals surface area (Å²) in [7, 11) is 1.75. The van der Waals surface area contributed by atoms with Gasteiger partial charge in [-0.15, -0.1) is 0 Å². The number of alkyl halides is 3. The molecule has 160 valence electrons. The zero-order valence-corrected chi connectivity index (χ0v) is 16.5. The van der Waals surface area contributed by atoms with E-state index in [0.29, 0.717) is 32.5 Å². The van der Waals surface area contributed by atoms with Crippen LogP contribution in [0.25, 0.3) is 11.5 Å². The molecule has 4 rings (SSSR count). The fraction of sp³-hybridized carbons (Fsp3) is 0.450. The molecule has 7 nitrogen and oxygen atoms in total. The Balaban J connectivity index is 1.52. The first kappa shape index (κ1) is 20.2. The molecule has 2 saturated heterocycles. The molecule has 0 atom stereocenters. The average Bonchev–Trinajstić information content (AvgIpc) is 3.23. The molecule has 1 spiro atoms. The number of nitrogens with zero attached hydrogens (tertiary/aromatic N) is 3. The van der Waals surface area contributed by atoms with Crippen molar-refractivity contribution in [1.82, 2.24) is 20.1 Å². The van der Waals surface area contributed by atoms with Gasteiger partial charge in [0.25, 0.3) is 5.91 Å². The SMILES string of the molecule is Cc1oc(-c2cccc(C(F)(F)F)c2)nc1C(=O)N1CCC2(CC1)CNC(=O)N2C. The number of urea groups is 1. The number of aryl methyl sites for hydroxylation is 1. The van der Waals surface area contributed by atoms with Crippen LogP contribution in [0.2, 0.25) is 0 Å². The van der Waals surface area contributed by atoms with Gasteiger partial charge in [0, 0.05) is 32.2 Å². The fourth-order valence-corrected chi connectivity index (χ4v) is 4.03. The summed E-state index contributed by atoms with van der Waals surface area (Å²) in [6.45, 7) is 3.01. The van der Waals surface area contributed by atoms with Gasteiger partial charge in [-0.3, -0.25) is 4.79 Å². The number of rotatable bonds is 2. The van der Waals surface area contributed by atoms with Gasteiger partial charge in [-0.05, 0) is 38.0 Å². The topological polar surface area (TPSA) is 78.7 Å². The lowest BCUT2D eigenvalue weighted by Gasteiger charge is -2.42. The van der Waals surface area contributed by atoms with E-state index in [1.807, 2.05) is 0 Å². The molecular weight excluding hydrogens is 401 g/mol. The quantitative estimate of drug-likeness (QED) is 0.806. The van der Waals surface area contributed by atoms with Crippen molar-refractivity contribution in [3.63, 3.8) is 0 Å². The van der Waals surface area contributed by atoms with Crippen LogP contribution in [0.15, 0.2) is 28.7 Å². The first-order valence-corrected chi connectivity index (χ1v) is 9.57. The molecule has 1 aromatic carbocycles. The molecule has 2 aliphatic heterocycles. The van der Waals surface area contributed by atoms with Crippen LogP contribution in [0.4, 0.5) is 18.0 Å². The van der Waals surface area contributed by atoms with Gasteiger partial charge in [0.15, 0.2) is 5.69 Å². The molecule has 0 unspecified atom stereocenters. The summed E-state index contributed by atoms with van der Waals surface area (Å²) >= 11 is 0. The van der Waals surface area contributed by atoms with E-state index in [1.54, 1.807) is 23.8 Å². The number of amides is 3. The number of nitrogens with one attached hydrogen (secondary N) is 1. The number of halogens is 3. The largest absolute Gasteiger partial charge is 0.441 e. The van der Waals surface area contributed by atoms with Gasteiger partial charge >= 0.3 is 12.2 Å². The second kappa shape index (κ2) is 7.03. The maximum Gasteiger partial charge on any atom is 0.416 e. The van der Waals surface area contributed by atoms with Crippen molar-refractivity contribution >= 4 is 11.9 Å². The minimum absolute atomic E-state index is 0.0271. The molecule has 2 aliphatic rings. The van der Waals surface area contributed by atoms with Crippen LogP contribution in [0.5, 0.6) is 0 Å². The van der Waals surface area contributed by atoms with Crippen LogP contribution in [0.3, 0.4) is 0 Å². The number of aromatic nitrogens is 1. The normalized spacial score (nSPS) is 18.8. The van der Waals surface area contributed by atoms with Crippen LogP contribution in [0, 0.1) is 6.92 Å². The molecule has 0 saturated carbocycles.